The maximum atomic E-state index is 8.38. The monoisotopic (exact) mass is 142 g/mol. The van der Waals surface area contributed by atoms with Gasteiger partial charge in [-0.3, -0.25) is 0 Å². The zero-order chi connectivity index (χ0) is 7.82. The summed E-state index contributed by atoms with van der Waals surface area (Å²) in [6.45, 7) is 6.24. The van der Waals surface area contributed by atoms with Crippen LogP contribution in [0, 0.1) is 0 Å². The van der Waals surface area contributed by atoms with Crippen molar-refractivity contribution in [2.75, 3.05) is 13.2 Å². The Balaban J connectivity index is 3.22. The summed E-state index contributed by atoms with van der Waals surface area (Å²) in [5.74, 6) is 0.649. The molecular weight excluding hydrogens is 128 g/mol. The van der Waals surface area contributed by atoms with E-state index in [2.05, 4.69) is 6.58 Å². The molecule has 0 bridgehead atoms. The Morgan fingerprint density at radius 3 is 2.90 bits per heavy atom. The first-order chi connectivity index (χ1) is 4.81. The second-order valence-electron chi connectivity index (χ2n) is 1.89. The van der Waals surface area contributed by atoms with Crippen molar-refractivity contribution in [1.29, 1.82) is 0 Å². The van der Waals surface area contributed by atoms with E-state index in [1.54, 1.807) is 6.08 Å². The zero-order valence-electron chi connectivity index (χ0n) is 6.34. The van der Waals surface area contributed by atoms with Crippen molar-refractivity contribution < 1.29 is 9.84 Å². The van der Waals surface area contributed by atoms with E-state index >= 15 is 0 Å². The van der Waals surface area contributed by atoms with Crippen LogP contribution in [0.1, 0.15) is 13.3 Å². The van der Waals surface area contributed by atoms with Gasteiger partial charge in [0.25, 0.3) is 0 Å². The minimum Gasteiger partial charge on any atom is -0.494 e. The molecule has 0 aromatic rings. The van der Waals surface area contributed by atoms with Crippen molar-refractivity contribution in [3.8, 4) is 0 Å². The third-order valence-electron chi connectivity index (χ3n) is 0.942. The molecule has 0 amide bonds. The molecule has 0 saturated carbocycles. The van der Waals surface area contributed by atoms with Crippen LogP contribution in [-0.4, -0.2) is 18.3 Å². The van der Waals surface area contributed by atoms with Crippen LogP contribution in [-0.2, 0) is 4.74 Å². The Hall–Kier alpha value is -0.760. The summed E-state index contributed by atoms with van der Waals surface area (Å²) >= 11 is 0. The van der Waals surface area contributed by atoms with E-state index in [1.807, 2.05) is 13.0 Å². The molecule has 0 aliphatic heterocycles. The predicted octanol–water partition coefficient (Wildman–Crippen LogP) is 1.48. The maximum absolute atomic E-state index is 8.38. The Kier molecular flexibility index (Phi) is 5.88. The molecule has 2 heteroatoms. The van der Waals surface area contributed by atoms with Crippen LogP contribution in [0.2, 0.25) is 0 Å². The maximum Gasteiger partial charge on any atom is 0.111 e. The smallest absolute Gasteiger partial charge is 0.111 e. The summed E-state index contributed by atoms with van der Waals surface area (Å²) < 4.78 is 5.08. The largest absolute Gasteiger partial charge is 0.494 e. The predicted molar refractivity (Wildman–Crippen MR) is 41.6 cm³/mol. The second kappa shape index (κ2) is 6.36. The second-order valence-corrected chi connectivity index (χ2v) is 1.89. The van der Waals surface area contributed by atoms with Crippen LogP contribution < -0.4 is 0 Å². The van der Waals surface area contributed by atoms with Crippen molar-refractivity contribution >= 4 is 0 Å². The summed E-state index contributed by atoms with van der Waals surface area (Å²) in [6, 6.07) is 0. The van der Waals surface area contributed by atoms with Gasteiger partial charge in [-0.15, -0.1) is 0 Å². The standard InChI is InChI=1S/C8H14O2/c1-3-5-8(2)10-7-4-6-9/h3,5,9H,2,4,6-7H2,1H3/b5-3-. The molecule has 0 heterocycles. The van der Waals surface area contributed by atoms with Crippen LogP contribution in [0.25, 0.3) is 0 Å². The fraction of sp³-hybridized carbons (Fsp3) is 0.500. The summed E-state index contributed by atoms with van der Waals surface area (Å²) in [5.41, 5.74) is 0. The molecule has 0 aromatic carbocycles. The highest BCUT2D eigenvalue weighted by Gasteiger charge is 1.86. The topological polar surface area (TPSA) is 29.5 Å². The van der Waals surface area contributed by atoms with Gasteiger partial charge in [0.2, 0.25) is 0 Å². The lowest BCUT2D eigenvalue weighted by atomic mass is 10.4. The van der Waals surface area contributed by atoms with Gasteiger partial charge >= 0.3 is 0 Å². The van der Waals surface area contributed by atoms with E-state index < -0.39 is 0 Å². The van der Waals surface area contributed by atoms with Crippen molar-refractivity contribution in [1.82, 2.24) is 0 Å². The van der Waals surface area contributed by atoms with Gasteiger partial charge in [0, 0.05) is 13.0 Å². The van der Waals surface area contributed by atoms with E-state index in [9.17, 15) is 0 Å². The number of hydrogen-bond acceptors (Lipinski definition) is 2. The first kappa shape index (κ1) is 9.24. The highest BCUT2D eigenvalue weighted by Crippen LogP contribution is 1.95. The third-order valence-corrected chi connectivity index (χ3v) is 0.942. The molecule has 58 valence electrons. The molecule has 0 aliphatic rings. The van der Waals surface area contributed by atoms with Gasteiger partial charge in [0.15, 0.2) is 0 Å². The highest BCUT2D eigenvalue weighted by molar-refractivity contribution is 5.05. The average Bonchev–Trinajstić information content (AvgIpc) is 1.89. The van der Waals surface area contributed by atoms with Gasteiger partial charge in [0.1, 0.15) is 5.76 Å². The normalized spacial score (nSPS) is 10.2. The number of rotatable bonds is 5. The molecule has 0 aliphatic carbocycles. The fourth-order valence-electron chi connectivity index (χ4n) is 0.502. The van der Waals surface area contributed by atoms with Crippen LogP contribution in [0.3, 0.4) is 0 Å². The van der Waals surface area contributed by atoms with E-state index in [-0.39, 0.29) is 6.61 Å². The van der Waals surface area contributed by atoms with E-state index in [1.165, 1.54) is 0 Å². The lowest BCUT2D eigenvalue weighted by Gasteiger charge is -2.02. The molecule has 0 saturated heterocycles. The van der Waals surface area contributed by atoms with E-state index in [0.29, 0.717) is 18.8 Å². The van der Waals surface area contributed by atoms with Crippen LogP contribution in [0.4, 0.5) is 0 Å². The van der Waals surface area contributed by atoms with Crippen LogP contribution >= 0.6 is 0 Å². The van der Waals surface area contributed by atoms with Gasteiger partial charge in [-0.25, -0.2) is 0 Å². The molecule has 0 fully saturated rings. The number of ether oxygens (including phenoxy) is 1. The van der Waals surface area contributed by atoms with Crippen molar-refractivity contribution in [2.45, 2.75) is 13.3 Å². The number of hydrogen-bond donors (Lipinski definition) is 1. The molecule has 1 N–H and O–H groups in total. The lowest BCUT2D eigenvalue weighted by molar-refractivity contribution is 0.185. The molecule has 0 unspecified atom stereocenters. The summed E-state index contributed by atoms with van der Waals surface area (Å²) in [7, 11) is 0. The zero-order valence-corrected chi connectivity index (χ0v) is 6.34. The van der Waals surface area contributed by atoms with E-state index in [4.69, 9.17) is 9.84 Å². The SMILES string of the molecule is C=C(/C=C\C)OCCCO. The van der Waals surface area contributed by atoms with E-state index in [0.717, 1.165) is 0 Å². The summed E-state index contributed by atoms with van der Waals surface area (Å²) in [5, 5.41) is 8.38. The first-order valence-corrected chi connectivity index (χ1v) is 3.36. The quantitative estimate of drug-likeness (QED) is 0.358. The lowest BCUT2D eigenvalue weighted by Crippen LogP contribution is -1.94. The Labute approximate surface area is 61.8 Å². The number of aliphatic hydroxyl groups excluding tert-OH is 1. The molecule has 0 rings (SSSR count). The molecular formula is C8H14O2. The molecule has 2 nitrogen and oxygen atoms in total. The Morgan fingerprint density at radius 1 is 1.70 bits per heavy atom. The number of allylic oxidation sites excluding steroid dienone is 2. The summed E-state index contributed by atoms with van der Waals surface area (Å²) in [4.78, 5) is 0. The molecule has 0 radical (unpaired) electrons. The minimum atomic E-state index is 0.170. The first-order valence-electron chi connectivity index (χ1n) is 3.36. The van der Waals surface area contributed by atoms with Crippen LogP contribution in [0.15, 0.2) is 24.5 Å². The molecule has 10 heavy (non-hydrogen) atoms. The molecule has 0 atom stereocenters. The fourth-order valence-corrected chi connectivity index (χ4v) is 0.502. The molecule has 0 spiro atoms. The number of aliphatic hydroxyl groups is 1. The Bertz CT molecular complexity index is 116. The average molecular weight is 142 g/mol. The van der Waals surface area contributed by atoms with Crippen molar-refractivity contribution in [2.24, 2.45) is 0 Å². The van der Waals surface area contributed by atoms with Gasteiger partial charge in [-0.2, -0.15) is 0 Å². The highest BCUT2D eigenvalue weighted by atomic mass is 16.5. The third kappa shape index (κ3) is 5.38. The summed E-state index contributed by atoms with van der Waals surface area (Å²) in [6.07, 6.45) is 4.31. The van der Waals surface area contributed by atoms with Gasteiger partial charge in [0.05, 0.1) is 6.61 Å². The van der Waals surface area contributed by atoms with Gasteiger partial charge < -0.3 is 9.84 Å². The van der Waals surface area contributed by atoms with Gasteiger partial charge in [-0.05, 0) is 13.0 Å². The van der Waals surface area contributed by atoms with Gasteiger partial charge in [-0.1, -0.05) is 12.7 Å². The van der Waals surface area contributed by atoms with Crippen molar-refractivity contribution in [3.05, 3.63) is 24.5 Å². The Morgan fingerprint density at radius 2 is 2.40 bits per heavy atom. The van der Waals surface area contributed by atoms with Crippen molar-refractivity contribution in [3.63, 3.8) is 0 Å². The molecule has 0 aromatic heterocycles. The van der Waals surface area contributed by atoms with Crippen LogP contribution in [0.5, 0.6) is 0 Å². The minimum absolute atomic E-state index is 0.170.